The summed E-state index contributed by atoms with van der Waals surface area (Å²) in [6, 6.07) is 8.89. The maximum Gasteiger partial charge on any atom is 0.573 e. The van der Waals surface area contributed by atoms with Crippen LogP contribution in [0.1, 0.15) is 11.4 Å². The molecule has 0 fully saturated rings. The van der Waals surface area contributed by atoms with Gasteiger partial charge in [-0.3, -0.25) is 0 Å². The molecule has 0 aliphatic carbocycles. The molecule has 0 unspecified atom stereocenters. The van der Waals surface area contributed by atoms with Crippen molar-refractivity contribution in [1.29, 1.82) is 0 Å². The van der Waals surface area contributed by atoms with Crippen molar-refractivity contribution < 1.29 is 35.8 Å². The first-order valence-electron chi connectivity index (χ1n) is 7.16. The molecule has 0 spiro atoms. The molecule has 3 rings (SSSR count). The van der Waals surface area contributed by atoms with Gasteiger partial charge in [-0.15, -0.1) is 26.3 Å². The maximum atomic E-state index is 12.2. The average molecular weight is 376 g/mol. The van der Waals surface area contributed by atoms with Gasteiger partial charge >= 0.3 is 12.7 Å². The highest BCUT2D eigenvalue weighted by molar-refractivity contribution is 5.76. The van der Waals surface area contributed by atoms with E-state index in [1.807, 2.05) is 0 Å². The van der Waals surface area contributed by atoms with Gasteiger partial charge in [0.25, 0.3) is 0 Å². The number of fused-ring (bicyclic) bond motifs is 1. The number of hydrogen-bond acceptors (Lipinski definition) is 3. The van der Waals surface area contributed by atoms with Gasteiger partial charge in [-0.25, -0.2) is 4.98 Å². The Morgan fingerprint density at radius 2 is 1.38 bits per heavy atom. The van der Waals surface area contributed by atoms with Gasteiger partial charge < -0.3 is 14.5 Å². The van der Waals surface area contributed by atoms with Crippen molar-refractivity contribution in [3.05, 3.63) is 53.9 Å². The van der Waals surface area contributed by atoms with Crippen LogP contribution in [0, 0.1) is 0 Å². The number of nitrogens with zero attached hydrogens (tertiary/aromatic N) is 1. The molecule has 1 aromatic heterocycles. The Bertz CT molecular complexity index is 900. The highest BCUT2D eigenvalue weighted by atomic mass is 19.4. The Morgan fingerprint density at radius 1 is 0.808 bits per heavy atom. The summed E-state index contributed by atoms with van der Waals surface area (Å²) >= 11 is 0. The zero-order valence-corrected chi connectivity index (χ0v) is 12.8. The molecular weight excluding hydrogens is 366 g/mol. The second-order valence-corrected chi connectivity index (χ2v) is 5.28. The molecule has 0 saturated carbocycles. The number of aromatic amines is 1. The highest BCUT2D eigenvalue weighted by Gasteiger charge is 2.31. The molecule has 1 N–H and O–H groups in total. The standard InChI is InChI=1S/C16H10F6N2O2/c17-15(18,19)25-10-3-1-9(2-4-10)7-14-23-12-6-5-11(8-13(12)24-14)26-16(20,21)22/h1-6,8H,7H2,(H,23,24). The monoisotopic (exact) mass is 376 g/mol. The number of nitrogens with one attached hydrogen (secondary N) is 1. The Kier molecular flexibility index (Phi) is 4.43. The van der Waals surface area contributed by atoms with Crippen LogP contribution in [-0.4, -0.2) is 22.7 Å². The van der Waals surface area contributed by atoms with E-state index in [-0.39, 0.29) is 17.9 Å². The van der Waals surface area contributed by atoms with Gasteiger partial charge in [-0.1, -0.05) is 12.1 Å². The predicted molar refractivity (Wildman–Crippen MR) is 78.7 cm³/mol. The lowest BCUT2D eigenvalue weighted by Gasteiger charge is -2.08. The third-order valence-electron chi connectivity index (χ3n) is 3.26. The zero-order chi connectivity index (χ0) is 18.9. The predicted octanol–water partition coefficient (Wildman–Crippen LogP) is 4.95. The number of benzene rings is 2. The molecule has 3 aromatic rings. The molecule has 0 radical (unpaired) electrons. The quantitative estimate of drug-likeness (QED) is 0.656. The number of halogens is 6. The Hall–Kier alpha value is -2.91. The number of imidazole rings is 1. The summed E-state index contributed by atoms with van der Waals surface area (Å²) < 4.78 is 80.7. The number of hydrogen-bond donors (Lipinski definition) is 1. The number of aromatic nitrogens is 2. The summed E-state index contributed by atoms with van der Waals surface area (Å²) in [7, 11) is 0. The van der Waals surface area contributed by atoms with Crippen LogP contribution < -0.4 is 9.47 Å². The van der Waals surface area contributed by atoms with Crippen LogP contribution in [0.15, 0.2) is 42.5 Å². The Morgan fingerprint density at radius 3 is 2.00 bits per heavy atom. The van der Waals surface area contributed by atoms with E-state index in [0.717, 1.165) is 6.07 Å². The van der Waals surface area contributed by atoms with Crippen LogP contribution in [0.3, 0.4) is 0 Å². The van der Waals surface area contributed by atoms with E-state index in [0.29, 0.717) is 22.4 Å². The van der Waals surface area contributed by atoms with Gasteiger partial charge in [-0.05, 0) is 29.8 Å². The molecule has 0 aliphatic heterocycles. The number of alkyl halides is 6. The van der Waals surface area contributed by atoms with Gasteiger partial charge in [0, 0.05) is 12.5 Å². The molecular formula is C16H10F6N2O2. The summed E-state index contributed by atoms with van der Waals surface area (Å²) in [5.74, 6) is -0.290. The molecule has 26 heavy (non-hydrogen) atoms. The van der Waals surface area contributed by atoms with Crippen molar-refractivity contribution >= 4 is 11.0 Å². The van der Waals surface area contributed by atoms with E-state index in [9.17, 15) is 26.3 Å². The molecule has 0 atom stereocenters. The van der Waals surface area contributed by atoms with Crippen molar-refractivity contribution in [1.82, 2.24) is 9.97 Å². The fourth-order valence-electron chi connectivity index (χ4n) is 2.32. The zero-order valence-electron chi connectivity index (χ0n) is 12.8. The molecule has 138 valence electrons. The summed E-state index contributed by atoms with van der Waals surface area (Å²) in [5, 5.41) is 0. The van der Waals surface area contributed by atoms with Gasteiger partial charge in [0.05, 0.1) is 11.0 Å². The fourth-order valence-corrected chi connectivity index (χ4v) is 2.32. The van der Waals surface area contributed by atoms with Crippen LogP contribution in [-0.2, 0) is 6.42 Å². The van der Waals surface area contributed by atoms with E-state index in [1.165, 1.54) is 36.4 Å². The summed E-state index contributed by atoms with van der Waals surface area (Å²) in [5.41, 5.74) is 1.43. The Labute approximate surface area is 142 Å². The van der Waals surface area contributed by atoms with Gasteiger partial charge in [0.15, 0.2) is 0 Å². The van der Waals surface area contributed by atoms with Crippen molar-refractivity contribution in [3.63, 3.8) is 0 Å². The molecule has 4 nitrogen and oxygen atoms in total. The van der Waals surface area contributed by atoms with Gasteiger partial charge in [-0.2, -0.15) is 0 Å². The van der Waals surface area contributed by atoms with E-state index < -0.39 is 12.7 Å². The van der Waals surface area contributed by atoms with Gasteiger partial charge in [0.2, 0.25) is 0 Å². The number of rotatable bonds is 4. The second-order valence-electron chi connectivity index (χ2n) is 5.28. The normalized spacial score (nSPS) is 12.4. The fraction of sp³-hybridized carbons (Fsp3) is 0.188. The average Bonchev–Trinajstić information content (AvgIpc) is 2.87. The molecule has 10 heteroatoms. The molecule has 2 aromatic carbocycles. The number of H-pyrrole nitrogens is 1. The topological polar surface area (TPSA) is 47.1 Å². The highest BCUT2D eigenvalue weighted by Crippen LogP contribution is 2.26. The minimum atomic E-state index is -4.79. The first kappa shape index (κ1) is 17.9. The van der Waals surface area contributed by atoms with E-state index >= 15 is 0 Å². The summed E-state index contributed by atoms with van der Waals surface area (Å²) in [6.07, 6.45) is -9.32. The van der Waals surface area contributed by atoms with Crippen LogP contribution in [0.2, 0.25) is 0 Å². The number of ether oxygens (including phenoxy) is 2. The van der Waals surface area contributed by atoms with Crippen molar-refractivity contribution in [2.24, 2.45) is 0 Å². The summed E-state index contributed by atoms with van der Waals surface area (Å²) in [6.45, 7) is 0. The van der Waals surface area contributed by atoms with Crippen molar-refractivity contribution in [3.8, 4) is 11.5 Å². The minimum Gasteiger partial charge on any atom is -0.406 e. The molecule has 0 saturated heterocycles. The largest absolute Gasteiger partial charge is 0.573 e. The third kappa shape index (κ3) is 4.80. The van der Waals surface area contributed by atoms with Crippen LogP contribution in [0.5, 0.6) is 11.5 Å². The van der Waals surface area contributed by atoms with Crippen LogP contribution >= 0.6 is 0 Å². The van der Waals surface area contributed by atoms with Crippen molar-refractivity contribution in [2.45, 2.75) is 19.1 Å². The molecule has 0 amide bonds. The van der Waals surface area contributed by atoms with E-state index in [4.69, 9.17) is 0 Å². The van der Waals surface area contributed by atoms with Crippen LogP contribution in [0.25, 0.3) is 11.0 Å². The Balaban J connectivity index is 1.74. The van der Waals surface area contributed by atoms with E-state index in [2.05, 4.69) is 19.4 Å². The molecule has 0 aliphatic rings. The lowest BCUT2D eigenvalue weighted by Crippen LogP contribution is -2.17. The van der Waals surface area contributed by atoms with Crippen molar-refractivity contribution in [2.75, 3.05) is 0 Å². The molecule has 0 bridgehead atoms. The molecule has 1 heterocycles. The lowest BCUT2D eigenvalue weighted by atomic mass is 10.1. The maximum absolute atomic E-state index is 12.2. The first-order valence-corrected chi connectivity index (χ1v) is 7.16. The lowest BCUT2D eigenvalue weighted by molar-refractivity contribution is -0.275. The van der Waals surface area contributed by atoms with Crippen LogP contribution in [0.4, 0.5) is 26.3 Å². The van der Waals surface area contributed by atoms with E-state index in [1.54, 1.807) is 0 Å². The third-order valence-corrected chi connectivity index (χ3v) is 3.26. The summed E-state index contributed by atoms with van der Waals surface area (Å²) in [4.78, 5) is 7.08. The SMILES string of the molecule is FC(F)(F)Oc1ccc(Cc2nc3ccc(OC(F)(F)F)cc3[nH]2)cc1. The first-order chi connectivity index (χ1) is 12.1. The smallest absolute Gasteiger partial charge is 0.406 e. The minimum absolute atomic E-state index is 0.246. The van der Waals surface area contributed by atoms with Gasteiger partial charge in [0.1, 0.15) is 17.3 Å². The second kappa shape index (κ2) is 6.43.